The number of benzene rings is 1. The molecule has 1 N–H and O–H groups in total. The van der Waals surface area contributed by atoms with E-state index >= 15 is 0 Å². The fourth-order valence-corrected chi connectivity index (χ4v) is 3.14. The molecule has 0 aromatic heterocycles. The van der Waals surface area contributed by atoms with Crippen molar-refractivity contribution in [1.29, 1.82) is 0 Å². The predicted molar refractivity (Wildman–Crippen MR) is 101 cm³/mol. The number of nitrogens with one attached hydrogen (secondary N) is 1. The molecule has 2 amide bonds. The van der Waals surface area contributed by atoms with E-state index in [0.717, 1.165) is 12.8 Å². The molecule has 0 aliphatic carbocycles. The summed E-state index contributed by atoms with van der Waals surface area (Å²) in [5, 5.41) is 3.09. The van der Waals surface area contributed by atoms with E-state index in [1.54, 1.807) is 32.4 Å². The van der Waals surface area contributed by atoms with Crippen LogP contribution < -0.4 is 14.8 Å². The molecule has 6 nitrogen and oxygen atoms in total. The van der Waals surface area contributed by atoms with Crippen LogP contribution in [0.3, 0.4) is 0 Å². The highest BCUT2D eigenvalue weighted by atomic mass is 16.5. The minimum absolute atomic E-state index is 0.0197. The zero-order valence-corrected chi connectivity index (χ0v) is 16.4. The molecule has 1 aromatic carbocycles. The fraction of sp³-hybridized carbons (Fsp3) is 0.600. The van der Waals surface area contributed by atoms with Crippen molar-refractivity contribution in [3.05, 3.63) is 23.8 Å². The van der Waals surface area contributed by atoms with Crippen LogP contribution in [0, 0.1) is 5.41 Å². The van der Waals surface area contributed by atoms with Gasteiger partial charge in [0.25, 0.3) is 5.91 Å². The molecule has 0 spiro atoms. The van der Waals surface area contributed by atoms with Crippen molar-refractivity contribution >= 4 is 11.8 Å². The lowest BCUT2D eigenvalue weighted by atomic mass is 9.91. The summed E-state index contributed by atoms with van der Waals surface area (Å²) in [5.74, 6) is 1.21. The molecule has 144 valence electrons. The second kappa shape index (κ2) is 8.43. The maximum atomic E-state index is 12.7. The summed E-state index contributed by atoms with van der Waals surface area (Å²) in [6.07, 6.45) is 2.06. The lowest BCUT2D eigenvalue weighted by molar-refractivity contribution is -0.123. The van der Waals surface area contributed by atoms with Gasteiger partial charge >= 0.3 is 0 Å². The van der Waals surface area contributed by atoms with E-state index in [4.69, 9.17) is 9.47 Å². The summed E-state index contributed by atoms with van der Waals surface area (Å²) in [6.45, 7) is 7.42. The van der Waals surface area contributed by atoms with Crippen LogP contribution in [0.4, 0.5) is 0 Å². The van der Waals surface area contributed by atoms with Gasteiger partial charge in [-0.2, -0.15) is 0 Å². The van der Waals surface area contributed by atoms with Gasteiger partial charge in [-0.1, -0.05) is 20.8 Å². The number of piperidine rings is 1. The van der Waals surface area contributed by atoms with Gasteiger partial charge in [0.05, 0.1) is 14.2 Å². The van der Waals surface area contributed by atoms with Crippen molar-refractivity contribution in [1.82, 2.24) is 10.2 Å². The molecule has 1 fully saturated rings. The van der Waals surface area contributed by atoms with Gasteiger partial charge < -0.3 is 19.7 Å². The highest BCUT2D eigenvalue weighted by molar-refractivity contribution is 5.95. The van der Waals surface area contributed by atoms with Crippen LogP contribution in [0.15, 0.2) is 18.2 Å². The first-order valence-corrected chi connectivity index (χ1v) is 9.04. The Morgan fingerprint density at radius 2 is 1.73 bits per heavy atom. The Kier molecular flexibility index (Phi) is 6.51. The Morgan fingerprint density at radius 1 is 1.12 bits per heavy atom. The standard InChI is InChI=1S/C20H30N2O4/c1-20(2,3)13-18(23)21-15-8-10-22(11-9-15)19(24)14-6-7-16(25-4)17(12-14)26-5/h6-7,12,15H,8-11,13H2,1-5H3,(H,21,23). The number of hydrogen-bond donors (Lipinski definition) is 1. The lowest BCUT2D eigenvalue weighted by Gasteiger charge is -2.33. The topological polar surface area (TPSA) is 67.9 Å². The maximum Gasteiger partial charge on any atom is 0.253 e. The summed E-state index contributed by atoms with van der Waals surface area (Å²) in [6, 6.07) is 5.34. The Balaban J connectivity index is 1.91. The minimum atomic E-state index is -0.0228. The zero-order chi connectivity index (χ0) is 19.3. The quantitative estimate of drug-likeness (QED) is 0.875. The van der Waals surface area contributed by atoms with Crippen LogP contribution >= 0.6 is 0 Å². The molecule has 0 saturated carbocycles. The molecule has 1 aliphatic heterocycles. The van der Waals surface area contributed by atoms with E-state index in [2.05, 4.69) is 26.1 Å². The molecule has 1 heterocycles. The largest absolute Gasteiger partial charge is 0.493 e. The van der Waals surface area contributed by atoms with Crippen LogP contribution in [0.5, 0.6) is 11.5 Å². The normalized spacial score (nSPS) is 15.5. The molecule has 1 aromatic rings. The minimum Gasteiger partial charge on any atom is -0.493 e. The molecular formula is C20H30N2O4. The number of carbonyl (C=O) groups is 2. The van der Waals surface area contributed by atoms with Crippen molar-refractivity contribution in [2.75, 3.05) is 27.3 Å². The molecule has 2 rings (SSSR count). The highest BCUT2D eigenvalue weighted by Gasteiger charge is 2.26. The van der Waals surface area contributed by atoms with Gasteiger partial charge in [-0.25, -0.2) is 0 Å². The zero-order valence-electron chi connectivity index (χ0n) is 16.4. The highest BCUT2D eigenvalue weighted by Crippen LogP contribution is 2.28. The molecule has 1 saturated heterocycles. The summed E-state index contributed by atoms with van der Waals surface area (Å²) >= 11 is 0. The Hall–Kier alpha value is -2.24. The Morgan fingerprint density at radius 3 is 2.27 bits per heavy atom. The number of carbonyl (C=O) groups excluding carboxylic acids is 2. The van der Waals surface area contributed by atoms with Crippen LogP contribution in [0.25, 0.3) is 0 Å². The molecular weight excluding hydrogens is 332 g/mol. The Labute approximate surface area is 155 Å². The number of amides is 2. The van der Waals surface area contributed by atoms with E-state index in [9.17, 15) is 9.59 Å². The van der Waals surface area contributed by atoms with Crippen molar-refractivity contribution in [3.63, 3.8) is 0 Å². The fourth-order valence-electron chi connectivity index (χ4n) is 3.14. The van der Waals surface area contributed by atoms with Crippen molar-refractivity contribution in [3.8, 4) is 11.5 Å². The SMILES string of the molecule is COc1ccc(C(=O)N2CCC(NC(=O)CC(C)(C)C)CC2)cc1OC. The molecule has 0 radical (unpaired) electrons. The number of hydrogen-bond acceptors (Lipinski definition) is 4. The van der Waals surface area contributed by atoms with Gasteiger partial charge in [0.2, 0.25) is 5.91 Å². The average Bonchev–Trinajstić information content (AvgIpc) is 2.59. The monoisotopic (exact) mass is 362 g/mol. The first-order chi connectivity index (χ1) is 12.2. The summed E-state index contributed by atoms with van der Waals surface area (Å²) in [7, 11) is 3.12. The molecule has 6 heteroatoms. The van der Waals surface area contributed by atoms with E-state index < -0.39 is 0 Å². The van der Waals surface area contributed by atoms with Crippen LogP contribution in [0.2, 0.25) is 0 Å². The third-order valence-electron chi connectivity index (χ3n) is 4.47. The summed E-state index contributed by atoms with van der Waals surface area (Å²) < 4.78 is 10.5. The molecule has 0 atom stereocenters. The third-order valence-corrected chi connectivity index (χ3v) is 4.47. The lowest BCUT2D eigenvalue weighted by Crippen LogP contribution is -2.47. The van der Waals surface area contributed by atoms with Crippen LogP contribution in [-0.2, 0) is 4.79 Å². The number of nitrogens with zero attached hydrogens (tertiary/aromatic N) is 1. The first kappa shape index (κ1) is 20.1. The molecule has 26 heavy (non-hydrogen) atoms. The number of methoxy groups -OCH3 is 2. The van der Waals surface area contributed by atoms with Gasteiger partial charge in [0.1, 0.15) is 0 Å². The van der Waals surface area contributed by atoms with Gasteiger partial charge in [-0.15, -0.1) is 0 Å². The number of ether oxygens (including phenoxy) is 2. The summed E-state index contributed by atoms with van der Waals surface area (Å²) in [5.41, 5.74) is 0.562. The van der Waals surface area contributed by atoms with Crippen LogP contribution in [0.1, 0.15) is 50.4 Å². The van der Waals surface area contributed by atoms with Crippen LogP contribution in [-0.4, -0.2) is 50.1 Å². The first-order valence-electron chi connectivity index (χ1n) is 9.04. The summed E-state index contributed by atoms with van der Waals surface area (Å²) in [4.78, 5) is 26.6. The number of likely N-dealkylation sites (tertiary alicyclic amines) is 1. The van der Waals surface area contributed by atoms with Crippen molar-refractivity contribution < 1.29 is 19.1 Å². The Bertz CT molecular complexity index is 644. The van der Waals surface area contributed by atoms with Gasteiger partial charge in [-0.05, 0) is 36.5 Å². The second-order valence-corrected chi connectivity index (χ2v) is 7.94. The smallest absolute Gasteiger partial charge is 0.253 e. The van der Waals surface area contributed by atoms with E-state index in [-0.39, 0.29) is 23.3 Å². The van der Waals surface area contributed by atoms with Gasteiger partial charge in [0, 0.05) is 31.1 Å². The predicted octanol–water partition coefficient (Wildman–Crippen LogP) is 2.86. The average molecular weight is 362 g/mol. The van der Waals surface area contributed by atoms with Gasteiger partial charge in [0.15, 0.2) is 11.5 Å². The van der Waals surface area contributed by atoms with Crippen molar-refractivity contribution in [2.45, 2.75) is 46.1 Å². The van der Waals surface area contributed by atoms with Crippen molar-refractivity contribution in [2.24, 2.45) is 5.41 Å². The van der Waals surface area contributed by atoms with E-state index in [1.807, 2.05) is 4.90 Å². The molecule has 0 unspecified atom stereocenters. The second-order valence-electron chi connectivity index (χ2n) is 7.94. The maximum absolute atomic E-state index is 12.7. The number of rotatable bonds is 5. The molecule has 0 bridgehead atoms. The van der Waals surface area contributed by atoms with E-state index in [0.29, 0.717) is 36.6 Å². The third kappa shape index (κ3) is 5.38. The molecule has 1 aliphatic rings. The van der Waals surface area contributed by atoms with E-state index in [1.165, 1.54) is 0 Å². The van der Waals surface area contributed by atoms with Gasteiger partial charge in [-0.3, -0.25) is 9.59 Å².